The van der Waals surface area contributed by atoms with Crippen molar-refractivity contribution in [1.29, 1.82) is 0 Å². The second-order valence-electron chi connectivity index (χ2n) is 4.90. The van der Waals surface area contributed by atoms with E-state index < -0.39 is 0 Å². The van der Waals surface area contributed by atoms with Crippen LogP contribution in [0.2, 0.25) is 0 Å². The Morgan fingerprint density at radius 2 is 1.55 bits per heavy atom. The topological polar surface area (TPSA) is 41.1 Å². The van der Waals surface area contributed by atoms with Gasteiger partial charge in [-0.3, -0.25) is 4.79 Å². The lowest BCUT2D eigenvalue weighted by Gasteiger charge is -2.12. The lowest BCUT2D eigenvalue weighted by atomic mass is 10.2. The van der Waals surface area contributed by atoms with Gasteiger partial charge in [0.25, 0.3) is 5.91 Å². The van der Waals surface area contributed by atoms with Gasteiger partial charge < -0.3 is 10.6 Å². The number of carbonyl (C=O) groups excluding carboxylic acids is 1. The van der Waals surface area contributed by atoms with Crippen molar-refractivity contribution in [2.24, 2.45) is 0 Å². The minimum absolute atomic E-state index is 0.0830. The average molecular weight is 308 g/mol. The lowest BCUT2D eigenvalue weighted by Crippen LogP contribution is -2.11. The molecule has 0 saturated heterocycles. The Kier molecular flexibility index (Phi) is 4.21. The number of carbonyl (C=O) groups is 1. The monoisotopic (exact) mass is 308 g/mol. The summed E-state index contributed by atoms with van der Waals surface area (Å²) in [5.41, 5.74) is 2.62. The van der Waals surface area contributed by atoms with Crippen molar-refractivity contribution in [3.05, 3.63) is 76.5 Å². The van der Waals surface area contributed by atoms with Gasteiger partial charge in [0.1, 0.15) is 0 Å². The third-order valence-electron chi connectivity index (χ3n) is 3.19. The van der Waals surface area contributed by atoms with Gasteiger partial charge >= 0.3 is 0 Å². The summed E-state index contributed by atoms with van der Waals surface area (Å²) < 4.78 is 0. The number of nitrogens with one attached hydrogen (secondary N) is 2. The highest BCUT2D eigenvalue weighted by atomic mass is 32.1. The Bertz CT molecular complexity index is 781. The highest BCUT2D eigenvalue weighted by molar-refractivity contribution is 7.14. The largest absolute Gasteiger partial charge is 0.354 e. The molecule has 0 aliphatic rings. The Morgan fingerprint density at radius 1 is 0.864 bits per heavy atom. The standard InChI is InChI=1S/C18H16N2OS/c1-13-11-12-17(22-13)18(21)20-16-10-6-5-9-15(16)19-14-7-3-2-4-8-14/h2-12,19H,1H3,(H,20,21). The number of hydrogen-bond acceptors (Lipinski definition) is 3. The van der Waals surface area contributed by atoms with Crippen molar-refractivity contribution in [2.75, 3.05) is 10.6 Å². The van der Waals surface area contributed by atoms with Crippen LogP contribution >= 0.6 is 11.3 Å². The van der Waals surface area contributed by atoms with Crippen LogP contribution in [0.1, 0.15) is 14.5 Å². The van der Waals surface area contributed by atoms with Crippen LogP contribution in [-0.2, 0) is 0 Å². The third-order valence-corrected chi connectivity index (χ3v) is 4.19. The molecule has 1 amide bonds. The molecule has 1 heterocycles. The highest BCUT2D eigenvalue weighted by Gasteiger charge is 2.10. The molecule has 22 heavy (non-hydrogen) atoms. The summed E-state index contributed by atoms with van der Waals surface area (Å²) in [7, 11) is 0. The van der Waals surface area contributed by atoms with Crippen LogP contribution in [0.25, 0.3) is 0 Å². The van der Waals surface area contributed by atoms with Gasteiger partial charge in [0.05, 0.1) is 16.3 Å². The van der Waals surface area contributed by atoms with E-state index in [2.05, 4.69) is 10.6 Å². The molecule has 1 aromatic heterocycles. The average Bonchev–Trinajstić information content (AvgIpc) is 2.97. The molecule has 3 rings (SSSR count). The molecule has 0 unspecified atom stereocenters. The van der Waals surface area contributed by atoms with Crippen LogP contribution < -0.4 is 10.6 Å². The van der Waals surface area contributed by atoms with Crippen molar-refractivity contribution in [1.82, 2.24) is 0 Å². The predicted molar refractivity (Wildman–Crippen MR) is 93.2 cm³/mol. The van der Waals surface area contributed by atoms with Gasteiger partial charge in [0.15, 0.2) is 0 Å². The number of thiophene rings is 1. The fourth-order valence-corrected chi connectivity index (χ4v) is 2.88. The summed E-state index contributed by atoms with van der Waals surface area (Å²) in [6, 6.07) is 21.4. The van der Waals surface area contributed by atoms with Crippen LogP contribution in [0.3, 0.4) is 0 Å². The van der Waals surface area contributed by atoms with Crippen molar-refractivity contribution in [3.8, 4) is 0 Å². The molecule has 0 aliphatic carbocycles. The molecule has 0 atom stereocenters. The van der Waals surface area contributed by atoms with Crippen LogP contribution in [0.4, 0.5) is 17.1 Å². The summed E-state index contributed by atoms with van der Waals surface area (Å²) in [6.45, 7) is 1.99. The van der Waals surface area contributed by atoms with Crippen LogP contribution in [0.15, 0.2) is 66.7 Å². The first-order valence-electron chi connectivity index (χ1n) is 7.01. The second-order valence-corrected chi connectivity index (χ2v) is 6.19. The van der Waals surface area contributed by atoms with Crippen molar-refractivity contribution >= 4 is 34.3 Å². The van der Waals surface area contributed by atoms with Gasteiger partial charge in [-0.1, -0.05) is 30.3 Å². The van der Waals surface area contributed by atoms with Crippen LogP contribution in [-0.4, -0.2) is 5.91 Å². The Morgan fingerprint density at radius 3 is 2.23 bits per heavy atom. The molecule has 0 fully saturated rings. The normalized spacial score (nSPS) is 10.2. The molecule has 0 bridgehead atoms. The minimum Gasteiger partial charge on any atom is -0.354 e. The van der Waals surface area contributed by atoms with Gasteiger partial charge in [-0.2, -0.15) is 0 Å². The van der Waals surface area contributed by atoms with Crippen LogP contribution in [0, 0.1) is 6.92 Å². The number of amides is 1. The zero-order valence-electron chi connectivity index (χ0n) is 12.2. The maximum Gasteiger partial charge on any atom is 0.265 e. The predicted octanol–water partition coefficient (Wildman–Crippen LogP) is 5.05. The smallest absolute Gasteiger partial charge is 0.265 e. The van der Waals surface area contributed by atoms with E-state index in [1.807, 2.05) is 73.7 Å². The van der Waals surface area contributed by atoms with E-state index >= 15 is 0 Å². The number of rotatable bonds is 4. The summed E-state index contributed by atoms with van der Waals surface area (Å²) in [5, 5.41) is 6.29. The first kappa shape index (κ1) is 14.4. The fraction of sp³-hybridized carbons (Fsp3) is 0.0556. The highest BCUT2D eigenvalue weighted by Crippen LogP contribution is 2.26. The third kappa shape index (κ3) is 3.35. The summed E-state index contributed by atoms with van der Waals surface area (Å²) in [4.78, 5) is 14.1. The van der Waals surface area contributed by atoms with Gasteiger partial charge in [-0.05, 0) is 43.3 Å². The molecule has 0 saturated carbocycles. The maximum atomic E-state index is 12.3. The van der Waals surface area contributed by atoms with Crippen molar-refractivity contribution in [2.45, 2.75) is 6.92 Å². The molecule has 2 N–H and O–H groups in total. The Hall–Kier alpha value is -2.59. The number of para-hydroxylation sites is 3. The van der Waals surface area contributed by atoms with Crippen molar-refractivity contribution < 1.29 is 4.79 Å². The van der Waals surface area contributed by atoms with E-state index in [0.717, 1.165) is 21.9 Å². The van der Waals surface area contributed by atoms with Crippen LogP contribution in [0.5, 0.6) is 0 Å². The first-order valence-corrected chi connectivity index (χ1v) is 7.83. The zero-order valence-corrected chi connectivity index (χ0v) is 13.0. The van der Waals surface area contributed by atoms with Gasteiger partial charge in [-0.25, -0.2) is 0 Å². The Labute approximate surface area is 133 Å². The van der Waals surface area contributed by atoms with E-state index in [4.69, 9.17) is 0 Å². The molecule has 3 nitrogen and oxygen atoms in total. The van der Waals surface area contributed by atoms with E-state index in [1.165, 1.54) is 11.3 Å². The molecule has 0 aliphatic heterocycles. The molecule has 0 spiro atoms. The molecule has 3 aromatic rings. The maximum absolute atomic E-state index is 12.3. The first-order chi connectivity index (χ1) is 10.7. The van der Waals surface area contributed by atoms with E-state index in [0.29, 0.717) is 4.88 Å². The zero-order chi connectivity index (χ0) is 15.4. The van der Waals surface area contributed by atoms with Gasteiger partial charge in [-0.15, -0.1) is 11.3 Å². The molecule has 4 heteroatoms. The molecule has 0 radical (unpaired) electrons. The van der Waals surface area contributed by atoms with E-state index in [9.17, 15) is 4.79 Å². The lowest BCUT2D eigenvalue weighted by molar-refractivity contribution is 0.103. The number of anilines is 3. The number of aryl methyl sites for hydroxylation is 1. The number of hydrogen-bond donors (Lipinski definition) is 2. The summed E-state index contributed by atoms with van der Waals surface area (Å²) in [5.74, 6) is -0.0830. The molecular weight excluding hydrogens is 292 g/mol. The van der Waals surface area contributed by atoms with E-state index in [-0.39, 0.29) is 5.91 Å². The molecular formula is C18H16N2OS. The van der Waals surface area contributed by atoms with Crippen molar-refractivity contribution in [3.63, 3.8) is 0 Å². The van der Waals surface area contributed by atoms with E-state index in [1.54, 1.807) is 0 Å². The minimum atomic E-state index is -0.0830. The molecule has 110 valence electrons. The van der Waals surface area contributed by atoms with Gasteiger partial charge in [0, 0.05) is 10.6 Å². The fourth-order valence-electron chi connectivity index (χ4n) is 2.12. The number of benzene rings is 2. The quantitative estimate of drug-likeness (QED) is 0.708. The Balaban J connectivity index is 1.81. The second kappa shape index (κ2) is 6.45. The SMILES string of the molecule is Cc1ccc(C(=O)Nc2ccccc2Nc2ccccc2)s1. The summed E-state index contributed by atoms with van der Waals surface area (Å²) >= 11 is 1.49. The van der Waals surface area contributed by atoms with Gasteiger partial charge in [0.2, 0.25) is 0 Å². The summed E-state index contributed by atoms with van der Waals surface area (Å²) in [6.07, 6.45) is 0. The molecule has 2 aromatic carbocycles.